The summed E-state index contributed by atoms with van der Waals surface area (Å²) in [5, 5.41) is 0. The number of hydrogen-bond donors (Lipinski definition) is 1. The van der Waals surface area contributed by atoms with Crippen molar-refractivity contribution < 1.29 is 4.74 Å². The van der Waals surface area contributed by atoms with Crippen molar-refractivity contribution in [1.82, 2.24) is 0 Å². The van der Waals surface area contributed by atoms with Crippen LogP contribution in [0.1, 0.15) is 13.3 Å². The molecule has 56 valence electrons. The van der Waals surface area contributed by atoms with Crippen LogP contribution in [0.25, 0.3) is 0 Å². The van der Waals surface area contributed by atoms with Gasteiger partial charge in [0.2, 0.25) is 0 Å². The van der Waals surface area contributed by atoms with Crippen LogP contribution in [-0.4, -0.2) is 19.3 Å². The molecular formula is C6H14ClNO. The van der Waals surface area contributed by atoms with Crippen molar-refractivity contribution in [3.8, 4) is 0 Å². The van der Waals surface area contributed by atoms with E-state index in [1.54, 1.807) is 0 Å². The van der Waals surface area contributed by atoms with Gasteiger partial charge in [0, 0.05) is 12.6 Å². The molecule has 1 rings (SSSR count). The van der Waals surface area contributed by atoms with Gasteiger partial charge in [-0.1, -0.05) is 6.92 Å². The Kier molecular flexibility index (Phi) is 4.19. The number of nitrogens with two attached hydrogens (primary N) is 1. The van der Waals surface area contributed by atoms with Crippen LogP contribution in [0.2, 0.25) is 0 Å². The highest BCUT2D eigenvalue weighted by molar-refractivity contribution is 5.85. The Morgan fingerprint density at radius 2 is 2.22 bits per heavy atom. The van der Waals surface area contributed by atoms with Crippen LogP contribution in [0, 0.1) is 5.92 Å². The van der Waals surface area contributed by atoms with Gasteiger partial charge in [-0.2, -0.15) is 0 Å². The minimum atomic E-state index is 0. The third-order valence-electron chi connectivity index (χ3n) is 1.71. The molecule has 3 heteroatoms. The second kappa shape index (κ2) is 4.09. The summed E-state index contributed by atoms with van der Waals surface area (Å²) in [5.74, 6) is 0.559. The molecule has 1 heterocycles. The average Bonchev–Trinajstić information content (AvgIpc) is 1.77. The Labute approximate surface area is 62.2 Å². The molecule has 0 aromatic heterocycles. The lowest BCUT2D eigenvalue weighted by Gasteiger charge is -2.24. The molecule has 2 nitrogen and oxygen atoms in total. The number of hydrogen-bond acceptors (Lipinski definition) is 2. The Morgan fingerprint density at radius 1 is 1.56 bits per heavy atom. The standard InChI is InChI=1S/C6H13NO.ClH/c1-5-4-8-3-2-6(5)7;/h5-6H,2-4,7H2,1H3;1H. The van der Waals surface area contributed by atoms with E-state index in [1.807, 2.05) is 0 Å². The number of rotatable bonds is 0. The first kappa shape index (κ1) is 9.21. The fraction of sp³-hybridized carbons (Fsp3) is 1.00. The molecule has 0 radical (unpaired) electrons. The molecule has 0 aliphatic carbocycles. The Balaban J connectivity index is 0.000000640. The molecule has 0 amide bonds. The molecule has 9 heavy (non-hydrogen) atoms. The minimum Gasteiger partial charge on any atom is -0.381 e. The molecular weight excluding hydrogens is 138 g/mol. The maximum Gasteiger partial charge on any atom is 0.0506 e. The summed E-state index contributed by atoms with van der Waals surface area (Å²) in [4.78, 5) is 0. The highest BCUT2D eigenvalue weighted by Crippen LogP contribution is 2.10. The van der Waals surface area contributed by atoms with E-state index >= 15 is 0 Å². The molecule has 1 saturated heterocycles. The fourth-order valence-corrected chi connectivity index (χ4v) is 0.897. The first-order chi connectivity index (χ1) is 3.80. The van der Waals surface area contributed by atoms with Gasteiger partial charge in [-0.3, -0.25) is 0 Å². The van der Waals surface area contributed by atoms with Crippen molar-refractivity contribution in [1.29, 1.82) is 0 Å². The average molecular weight is 152 g/mol. The van der Waals surface area contributed by atoms with Gasteiger partial charge in [0.05, 0.1) is 6.61 Å². The van der Waals surface area contributed by atoms with Gasteiger partial charge < -0.3 is 10.5 Å². The minimum absolute atomic E-state index is 0. The van der Waals surface area contributed by atoms with Crippen molar-refractivity contribution in [2.75, 3.05) is 13.2 Å². The van der Waals surface area contributed by atoms with Gasteiger partial charge in [0.1, 0.15) is 0 Å². The first-order valence-corrected chi connectivity index (χ1v) is 3.14. The lowest BCUT2D eigenvalue weighted by atomic mass is 9.99. The van der Waals surface area contributed by atoms with Crippen LogP contribution < -0.4 is 5.73 Å². The molecule has 0 spiro atoms. The predicted octanol–water partition coefficient (Wildman–Crippen LogP) is 0.792. The third-order valence-corrected chi connectivity index (χ3v) is 1.71. The quantitative estimate of drug-likeness (QED) is 0.556. The van der Waals surface area contributed by atoms with Crippen LogP contribution >= 0.6 is 12.4 Å². The lowest BCUT2D eigenvalue weighted by Crippen LogP contribution is -2.36. The zero-order valence-corrected chi connectivity index (χ0v) is 6.49. The summed E-state index contributed by atoms with van der Waals surface area (Å²) in [5.41, 5.74) is 5.70. The predicted molar refractivity (Wildman–Crippen MR) is 39.8 cm³/mol. The van der Waals surface area contributed by atoms with Crippen molar-refractivity contribution in [3.05, 3.63) is 0 Å². The first-order valence-electron chi connectivity index (χ1n) is 3.14. The maximum absolute atomic E-state index is 5.70. The van der Waals surface area contributed by atoms with E-state index in [0.717, 1.165) is 19.6 Å². The second-order valence-electron chi connectivity index (χ2n) is 2.50. The zero-order valence-electron chi connectivity index (χ0n) is 5.67. The van der Waals surface area contributed by atoms with E-state index in [1.165, 1.54) is 0 Å². The molecule has 0 aromatic rings. The molecule has 1 aliphatic heterocycles. The molecule has 2 unspecified atom stereocenters. The molecule has 0 aromatic carbocycles. The van der Waals surface area contributed by atoms with Crippen molar-refractivity contribution in [3.63, 3.8) is 0 Å². The van der Waals surface area contributed by atoms with E-state index in [9.17, 15) is 0 Å². The Hall–Kier alpha value is 0.210. The van der Waals surface area contributed by atoms with Crippen molar-refractivity contribution >= 4 is 12.4 Å². The van der Waals surface area contributed by atoms with Crippen LogP contribution in [0.3, 0.4) is 0 Å². The highest BCUT2D eigenvalue weighted by atomic mass is 35.5. The maximum atomic E-state index is 5.70. The number of halogens is 1. The highest BCUT2D eigenvalue weighted by Gasteiger charge is 2.16. The molecule has 0 bridgehead atoms. The van der Waals surface area contributed by atoms with Gasteiger partial charge in [0.25, 0.3) is 0 Å². The van der Waals surface area contributed by atoms with E-state index < -0.39 is 0 Å². The van der Waals surface area contributed by atoms with E-state index in [2.05, 4.69) is 6.92 Å². The van der Waals surface area contributed by atoms with Gasteiger partial charge in [-0.25, -0.2) is 0 Å². The normalized spacial score (nSPS) is 35.3. The largest absolute Gasteiger partial charge is 0.381 e. The summed E-state index contributed by atoms with van der Waals surface area (Å²) in [6.45, 7) is 3.83. The lowest BCUT2D eigenvalue weighted by molar-refractivity contribution is 0.0491. The van der Waals surface area contributed by atoms with Gasteiger partial charge >= 0.3 is 0 Å². The summed E-state index contributed by atoms with van der Waals surface area (Å²) in [7, 11) is 0. The SMILES string of the molecule is CC1COCCC1N.Cl. The smallest absolute Gasteiger partial charge is 0.0506 e. The topological polar surface area (TPSA) is 35.2 Å². The molecule has 2 atom stereocenters. The summed E-state index contributed by atoms with van der Waals surface area (Å²) < 4.78 is 5.17. The third kappa shape index (κ3) is 2.52. The summed E-state index contributed by atoms with van der Waals surface area (Å²) in [6.07, 6.45) is 1.03. The van der Waals surface area contributed by atoms with Crippen molar-refractivity contribution in [2.24, 2.45) is 11.7 Å². The molecule has 1 aliphatic rings. The van der Waals surface area contributed by atoms with E-state index in [-0.39, 0.29) is 12.4 Å². The van der Waals surface area contributed by atoms with Gasteiger partial charge in [-0.15, -0.1) is 12.4 Å². The van der Waals surface area contributed by atoms with Crippen molar-refractivity contribution in [2.45, 2.75) is 19.4 Å². The Morgan fingerprint density at radius 3 is 2.56 bits per heavy atom. The van der Waals surface area contributed by atoms with E-state index in [4.69, 9.17) is 10.5 Å². The second-order valence-corrected chi connectivity index (χ2v) is 2.50. The number of ether oxygens (including phenoxy) is 1. The van der Waals surface area contributed by atoms with Gasteiger partial charge in [0.15, 0.2) is 0 Å². The summed E-state index contributed by atoms with van der Waals surface area (Å²) in [6, 6.07) is 0.378. The van der Waals surface area contributed by atoms with Crippen LogP contribution in [0.15, 0.2) is 0 Å². The van der Waals surface area contributed by atoms with Gasteiger partial charge in [-0.05, 0) is 12.3 Å². The van der Waals surface area contributed by atoms with Crippen LogP contribution in [0.5, 0.6) is 0 Å². The molecule has 2 N–H and O–H groups in total. The summed E-state index contributed by atoms with van der Waals surface area (Å²) >= 11 is 0. The van der Waals surface area contributed by atoms with Crippen LogP contribution in [0.4, 0.5) is 0 Å². The molecule has 0 saturated carbocycles. The monoisotopic (exact) mass is 151 g/mol. The fourth-order valence-electron chi connectivity index (χ4n) is 0.897. The zero-order chi connectivity index (χ0) is 5.98. The Bertz CT molecular complexity index is 69.5. The van der Waals surface area contributed by atoms with E-state index in [0.29, 0.717) is 12.0 Å². The van der Waals surface area contributed by atoms with Crippen LogP contribution in [-0.2, 0) is 4.74 Å². The molecule has 1 fully saturated rings.